The molecule has 1 N–H and O–H groups in total. The summed E-state index contributed by atoms with van der Waals surface area (Å²) in [6, 6.07) is 12.6. The average Bonchev–Trinajstić information content (AvgIpc) is 2.88. The Morgan fingerprint density at radius 2 is 1.48 bits per heavy atom. The molecule has 3 aromatic rings. The Hall–Kier alpha value is -0.920. The minimum absolute atomic E-state index is 0.493. The van der Waals surface area contributed by atoms with Gasteiger partial charge in [0.15, 0.2) is 0 Å². The van der Waals surface area contributed by atoms with Gasteiger partial charge in [0.05, 0.1) is 0 Å². The van der Waals surface area contributed by atoms with Gasteiger partial charge in [0.1, 0.15) is 0 Å². The summed E-state index contributed by atoms with van der Waals surface area (Å²) in [6.07, 6.45) is -0.635. The van der Waals surface area contributed by atoms with Crippen molar-refractivity contribution in [2.24, 2.45) is 0 Å². The van der Waals surface area contributed by atoms with Gasteiger partial charge in [-0.2, -0.15) is 0 Å². The topological polar surface area (TPSA) is 43.3 Å². The first-order valence-electron chi connectivity index (χ1n) is 8.58. The van der Waals surface area contributed by atoms with E-state index < -0.39 is 6.10 Å². The summed E-state index contributed by atoms with van der Waals surface area (Å²) in [7, 11) is 0. The van der Waals surface area contributed by atoms with Gasteiger partial charge in [-0.15, -0.1) is 0 Å². The van der Waals surface area contributed by atoms with E-state index in [4.69, 9.17) is 0 Å². The van der Waals surface area contributed by atoms with Crippen molar-refractivity contribution >= 4 is 53.7 Å². The van der Waals surface area contributed by atoms with E-state index in [1.807, 2.05) is 12.1 Å². The van der Waals surface area contributed by atoms with E-state index in [0.717, 1.165) is 46.2 Å². The van der Waals surface area contributed by atoms with Crippen LogP contribution in [0.2, 0.25) is 0 Å². The van der Waals surface area contributed by atoms with E-state index in [2.05, 4.69) is 70.9 Å². The molecule has 25 heavy (non-hydrogen) atoms. The van der Waals surface area contributed by atoms with Crippen LogP contribution in [0.25, 0.3) is 21.8 Å². The molecular weight excluding hydrogens is 446 g/mol. The number of nitrogens with zero attached hydrogens (tertiary/aromatic N) is 2. The Kier molecular flexibility index (Phi) is 5.15. The molecule has 0 spiro atoms. The second kappa shape index (κ2) is 7.37. The highest BCUT2D eigenvalue weighted by Crippen LogP contribution is 2.33. The number of halogens is 2. The van der Waals surface area contributed by atoms with Gasteiger partial charge in [-0.05, 0) is 42.9 Å². The van der Waals surface area contributed by atoms with E-state index in [0.29, 0.717) is 13.1 Å². The highest BCUT2D eigenvalue weighted by Gasteiger charge is 2.14. The summed E-state index contributed by atoms with van der Waals surface area (Å²) in [5, 5.41) is 18.5. The lowest BCUT2D eigenvalue weighted by Gasteiger charge is -2.34. The van der Waals surface area contributed by atoms with Crippen LogP contribution in [0.15, 0.2) is 45.3 Å². The molecule has 0 bridgehead atoms. The summed E-state index contributed by atoms with van der Waals surface area (Å²) < 4.78 is 4.29. The maximum Gasteiger partial charge on any atom is 0.0491 e. The van der Waals surface area contributed by atoms with Crippen LogP contribution in [0.5, 0.6) is 0 Å². The smallest absolute Gasteiger partial charge is 0.0491 e. The number of aromatic nitrogens is 1. The zero-order chi connectivity index (χ0) is 17.4. The quantitative estimate of drug-likeness (QED) is 0.644. The van der Waals surface area contributed by atoms with E-state index in [1.165, 1.54) is 10.8 Å². The van der Waals surface area contributed by atoms with Crippen LogP contribution in [-0.4, -0.2) is 48.3 Å². The molecule has 6 heteroatoms. The van der Waals surface area contributed by atoms with Crippen LogP contribution in [0.1, 0.15) is 0 Å². The summed E-state index contributed by atoms with van der Waals surface area (Å²) in [5.74, 6) is 0. The highest BCUT2D eigenvalue weighted by molar-refractivity contribution is 9.10. The lowest BCUT2D eigenvalue weighted by atomic mass is 10.2. The number of nitrogens with one attached hydrogen (secondary N) is 1. The van der Waals surface area contributed by atoms with Crippen molar-refractivity contribution < 1.29 is 5.11 Å². The molecule has 2 heterocycles. The number of fused-ring (bicyclic) bond motifs is 3. The van der Waals surface area contributed by atoms with E-state index >= 15 is 0 Å². The molecule has 4 nitrogen and oxygen atoms in total. The number of piperazine rings is 1. The standard InChI is InChI=1S/C19H20Br2N3O/c20-13-1-3-18-16(9-13)17-10-14(21)2-4-19(17)24(18)12-15(25)11-23-7-5-22-6-8-23/h1-4,9-10,15,22H,5-8,11-12H2/q-1. The van der Waals surface area contributed by atoms with E-state index in [-0.39, 0.29) is 0 Å². The van der Waals surface area contributed by atoms with Crippen molar-refractivity contribution in [2.45, 2.75) is 12.6 Å². The lowest BCUT2D eigenvalue weighted by molar-refractivity contribution is -0.424. The first kappa shape index (κ1) is 17.5. The van der Waals surface area contributed by atoms with Gasteiger partial charge in [-0.3, -0.25) is 0 Å². The molecule has 132 valence electrons. The summed E-state index contributed by atoms with van der Waals surface area (Å²) in [5.41, 5.74) is 2.25. The molecule has 1 unspecified atom stereocenters. The zero-order valence-corrected chi connectivity index (χ0v) is 17.0. The average molecular weight is 466 g/mol. The van der Waals surface area contributed by atoms with Gasteiger partial charge in [-0.25, -0.2) is 0 Å². The van der Waals surface area contributed by atoms with Crippen LogP contribution in [0.3, 0.4) is 0 Å². The van der Waals surface area contributed by atoms with E-state index in [1.54, 1.807) is 0 Å². The lowest BCUT2D eigenvalue weighted by Crippen LogP contribution is -2.49. The van der Waals surface area contributed by atoms with Crippen molar-refractivity contribution in [1.29, 1.82) is 0 Å². The van der Waals surface area contributed by atoms with Gasteiger partial charge in [0.25, 0.3) is 0 Å². The predicted molar refractivity (Wildman–Crippen MR) is 108 cm³/mol. The van der Waals surface area contributed by atoms with Crippen molar-refractivity contribution in [3.05, 3.63) is 45.3 Å². The Morgan fingerprint density at radius 3 is 2.04 bits per heavy atom. The molecule has 4 rings (SSSR count). The van der Waals surface area contributed by atoms with Crippen molar-refractivity contribution in [1.82, 2.24) is 14.8 Å². The third kappa shape index (κ3) is 3.64. The molecule has 0 radical (unpaired) electrons. The van der Waals surface area contributed by atoms with Crippen molar-refractivity contribution in [3.8, 4) is 0 Å². The van der Waals surface area contributed by atoms with Crippen LogP contribution in [0, 0.1) is 0 Å². The van der Waals surface area contributed by atoms with Gasteiger partial charge >= 0.3 is 0 Å². The molecule has 1 fully saturated rings. The van der Waals surface area contributed by atoms with Gasteiger partial charge in [0, 0.05) is 63.5 Å². The number of rotatable bonds is 4. The molecule has 1 aliphatic heterocycles. The third-order valence-corrected chi connectivity index (χ3v) is 5.83. The number of benzene rings is 2. The number of hydrogen-bond donors (Lipinski definition) is 1. The van der Waals surface area contributed by atoms with Crippen LogP contribution < -0.4 is 10.4 Å². The molecule has 0 aliphatic carbocycles. The maximum absolute atomic E-state index is 12.8. The van der Waals surface area contributed by atoms with Crippen LogP contribution >= 0.6 is 31.9 Å². The Morgan fingerprint density at radius 1 is 0.920 bits per heavy atom. The van der Waals surface area contributed by atoms with E-state index in [9.17, 15) is 5.11 Å². The minimum atomic E-state index is -0.635. The van der Waals surface area contributed by atoms with Gasteiger partial charge in [0.2, 0.25) is 0 Å². The fraction of sp³-hybridized carbons (Fsp3) is 0.368. The second-order valence-corrected chi connectivity index (χ2v) is 8.44. The normalized spacial score (nSPS) is 17.4. The second-order valence-electron chi connectivity index (χ2n) is 6.61. The third-order valence-electron chi connectivity index (χ3n) is 4.85. The maximum atomic E-state index is 12.8. The molecule has 0 saturated carbocycles. The SMILES string of the molecule is [O-]C(CN1CCNCC1)Cn1c2ccc(Br)cc2c2cc(Br)ccc21. The molecule has 1 atom stereocenters. The number of hydrogen-bond acceptors (Lipinski definition) is 3. The fourth-order valence-corrected chi connectivity index (χ4v) is 4.41. The van der Waals surface area contributed by atoms with Crippen molar-refractivity contribution in [3.63, 3.8) is 0 Å². The molecule has 1 aliphatic rings. The van der Waals surface area contributed by atoms with Gasteiger partial charge in [-0.1, -0.05) is 38.0 Å². The molecule has 2 aromatic carbocycles. The minimum Gasteiger partial charge on any atom is -0.850 e. The molecular formula is C19H20Br2N3O-. The summed E-state index contributed by atoms with van der Waals surface area (Å²) >= 11 is 7.13. The Balaban J connectivity index is 1.69. The molecule has 1 saturated heterocycles. The first-order valence-corrected chi connectivity index (χ1v) is 10.2. The summed E-state index contributed by atoms with van der Waals surface area (Å²) in [4.78, 5) is 2.27. The monoisotopic (exact) mass is 464 g/mol. The Labute approximate surface area is 164 Å². The first-order chi connectivity index (χ1) is 12.1. The largest absolute Gasteiger partial charge is 0.850 e. The van der Waals surface area contributed by atoms with Gasteiger partial charge < -0.3 is 19.9 Å². The molecule has 0 amide bonds. The highest BCUT2D eigenvalue weighted by atomic mass is 79.9. The predicted octanol–water partition coefficient (Wildman–Crippen LogP) is 2.95. The van der Waals surface area contributed by atoms with Crippen molar-refractivity contribution in [2.75, 3.05) is 32.7 Å². The van der Waals surface area contributed by atoms with Crippen LogP contribution in [-0.2, 0) is 6.54 Å². The van der Waals surface area contributed by atoms with Crippen LogP contribution in [0.4, 0.5) is 0 Å². The molecule has 1 aromatic heterocycles. The fourth-order valence-electron chi connectivity index (χ4n) is 3.69. The summed E-state index contributed by atoms with van der Waals surface area (Å²) in [6.45, 7) is 4.98. The zero-order valence-electron chi connectivity index (χ0n) is 13.8. The Bertz CT molecular complexity index is 843.